The van der Waals surface area contributed by atoms with Gasteiger partial charge in [-0.15, -0.1) is 0 Å². The van der Waals surface area contributed by atoms with Gasteiger partial charge in [-0.05, 0) is 78.1 Å². The predicted octanol–water partition coefficient (Wildman–Crippen LogP) is 3.17. The Morgan fingerprint density at radius 3 is 1.73 bits per heavy atom. The molecule has 10 nitrogen and oxygen atoms in total. The highest BCUT2D eigenvalue weighted by molar-refractivity contribution is 5.80. The van der Waals surface area contributed by atoms with Crippen LogP contribution in [-0.2, 0) is 28.8 Å². The number of Topliss-reactive ketones (excluding diaryl/α,β-unsaturated/α-hetero) is 4. The Labute approximate surface area is 240 Å². The minimum Gasteiger partial charge on any atom is -0.379 e. The van der Waals surface area contributed by atoms with E-state index in [1.54, 1.807) is 0 Å². The lowest BCUT2D eigenvalue weighted by molar-refractivity contribution is -0.124. The summed E-state index contributed by atoms with van der Waals surface area (Å²) in [5.41, 5.74) is 0. The van der Waals surface area contributed by atoms with Crippen LogP contribution in [0, 0.1) is 11.8 Å². The Kier molecular flexibility index (Phi) is 20.0. The van der Waals surface area contributed by atoms with Gasteiger partial charge in [0.1, 0.15) is 29.4 Å². The summed E-state index contributed by atoms with van der Waals surface area (Å²) in [5.74, 6) is -0.0130. The first-order chi connectivity index (χ1) is 18.7. The van der Waals surface area contributed by atoms with Crippen molar-refractivity contribution in [1.82, 2.24) is 16.0 Å². The van der Waals surface area contributed by atoms with Crippen molar-refractivity contribution in [2.24, 2.45) is 11.8 Å². The molecule has 40 heavy (non-hydrogen) atoms. The summed E-state index contributed by atoms with van der Waals surface area (Å²) >= 11 is 0. The molecule has 0 rings (SSSR count). The van der Waals surface area contributed by atoms with Gasteiger partial charge in [0.25, 0.3) is 0 Å². The first kappa shape index (κ1) is 37.5. The summed E-state index contributed by atoms with van der Waals surface area (Å²) in [5, 5.41) is 19.4. The van der Waals surface area contributed by atoms with Gasteiger partial charge in [0, 0.05) is 57.2 Å². The minimum atomic E-state index is -0.881. The highest BCUT2D eigenvalue weighted by Crippen LogP contribution is 2.15. The van der Waals surface area contributed by atoms with E-state index in [1.807, 2.05) is 13.8 Å². The molecule has 0 aromatic rings. The number of carbonyl (C=O) groups is 6. The van der Waals surface area contributed by atoms with E-state index in [-0.39, 0.29) is 72.1 Å². The molecule has 0 aromatic carbocycles. The molecule has 0 bridgehead atoms. The fourth-order valence-corrected chi connectivity index (χ4v) is 4.51. The molecule has 0 spiro atoms. The van der Waals surface area contributed by atoms with Gasteiger partial charge in [-0.25, -0.2) is 0 Å². The molecule has 10 heteroatoms. The van der Waals surface area contributed by atoms with Crippen LogP contribution in [0.5, 0.6) is 0 Å². The largest absolute Gasteiger partial charge is 0.379 e. The molecule has 0 saturated carbocycles. The highest BCUT2D eigenvalue weighted by atomic mass is 16.3. The van der Waals surface area contributed by atoms with Crippen molar-refractivity contribution < 1.29 is 33.9 Å². The fourth-order valence-electron chi connectivity index (χ4n) is 4.51. The van der Waals surface area contributed by atoms with E-state index in [0.29, 0.717) is 64.3 Å². The van der Waals surface area contributed by atoms with Gasteiger partial charge in [0.15, 0.2) is 0 Å². The van der Waals surface area contributed by atoms with Crippen LogP contribution in [0.4, 0.5) is 0 Å². The van der Waals surface area contributed by atoms with Crippen LogP contribution >= 0.6 is 0 Å². The number of aliphatic hydroxyl groups is 1. The number of ketones is 4. The molecule has 0 radical (unpaired) electrons. The van der Waals surface area contributed by atoms with Gasteiger partial charge in [-0.1, -0.05) is 13.8 Å². The van der Waals surface area contributed by atoms with Crippen LogP contribution in [0.15, 0.2) is 0 Å². The molecule has 0 aromatic heterocycles. The summed E-state index contributed by atoms with van der Waals surface area (Å²) in [6.45, 7) is 10.3. The van der Waals surface area contributed by atoms with Crippen LogP contribution in [0.1, 0.15) is 119 Å². The van der Waals surface area contributed by atoms with E-state index in [1.165, 1.54) is 27.7 Å². The van der Waals surface area contributed by atoms with E-state index in [0.717, 1.165) is 0 Å². The summed E-state index contributed by atoms with van der Waals surface area (Å²) in [4.78, 5) is 70.7. The van der Waals surface area contributed by atoms with E-state index < -0.39 is 12.3 Å². The van der Waals surface area contributed by atoms with E-state index in [2.05, 4.69) is 16.0 Å². The molecule has 0 aliphatic heterocycles. The minimum absolute atomic E-state index is 0.0127. The van der Waals surface area contributed by atoms with Gasteiger partial charge in [-0.3, -0.25) is 19.7 Å². The standard InChI is InChI=1S/C30H53N3O7/c1-20(9-11-22(3)34)16-28(38)31-15-7-8-26(18-25(6)37)32-30(40)19-27(14-13-24(5)36)33-29(39)17-21(2)10-12-23(4)35/h20-21,26-27,29,33,39H,7-19H2,1-6H3,(H,31,38)(H,32,40). The maximum atomic E-state index is 12.9. The smallest absolute Gasteiger partial charge is 0.221 e. The van der Waals surface area contributed by atoms with Crippen molar-refractivity contribution in [3.63, 3.8) is 0 Å². The van der Waals surface area contributed by atoms with Crippen LogP contribution in [0.3, 0.4) is 0 Å². The maximum Gasteiger partial charge on any atom is 0.221 e. The van der Waals surface area contributed by atoms with Gasteiger partial charge in [0.05, 0.1) is 0 Å². The van der Waals surface area contributed by atoms with Gasteiger partial charge in [0.2, 0.25) is 11.8 Å². The van der Waals surface area contributed by atoms with Crippen molar-refractivity contribution in [3.8, 4) is 0 Å². The van der Waals surface area contributed by atoms with Crippen molar-refractivity contribution in [2.45, 2.75) is 137 Å². The molecule has 2 amide bonds. The number of amides is 2. The molecule has 0 aliphatic rings. The van der Waals surface area contributed by atoms with E-state index in [4.69, 9.17) is 0 Å². The van der Waals surface area contributed by atoms with Crippen LogP contribution < -0.4 is 16.0 Å². The zero-order valence-electron chi connectivity index (χ0n) is 25.5. The van der Waals surface area contributed by atoms with Crippen LogP contribution in [0.25, 0.3) is 0 Å². The van der Waals surface area contributed by atoms with E-state index in [9.17, 15) is 33.9 Å². The Bertz CT molecular complexity index is 830. The lowest BCUT2D eigenvalue weighted by Crippen LogP contribution is -2.44. The molecule has 0 aliphatic carbocycles. The summed E-state index contributed by atoms with van der Waals surface area (Å²) in [7, 11) is 0. The molecule has 5 unspecified atom stereocenters. The zero-order chi connectivity index (χ0) is 30.7. The monoisotopic (exact) mass is 567 g/mol. The summed E-state index contributed by atoms with van der Waals surface area (Å²) < 4.78 is 0. The molecule has 0 heterocycles. The average Bonchev–Trinajstić information content (AvgIpc) is 2.82. The van der Waals surface area contributed by atoms with E-state index >= 15 is 0 Å². The van der Waals surface area contributed by atoms with Gasteiger partial charge in [-0.2, -0.15) is 0 Å². The second-order valence-corrected chi connectivity index (χ2v) is 11.6. The summed E-state index contributed by atoms with van der Waals surface area (Å²) in [6.07, 6.45) is 4.08. The quantitative estimate of drug-likeness (QED) is 0.102. The first-order valence-electron chi connectivity index (χ1n) is 14.7. The topological polar surface area (TPSA) is 159 Å². The number of hydrogen-bond acceptors (Lipinski definition) is 8. The zero-order valence-corrected chi connectivity index (χ0v) is 25.5. The Morgan fingerprint density at radius 2 is 1.18 bits per heavy atom. The van der Waals surface area contributed by atoms with Crippen LogP contribution in [-0.4, -0.2) is 64.9 Å². The predicted molar refractivity (Wildman–Crippen MR) is 154 cm³/mol. The molecule has 4 N–H and O–H groups in total. The first-order valence-corrected chi connectivity index (χ1v) is 14.7. The summed E-state index contributed by atoms with van der Waals surface area (Å²) in [6, 6.07) is -0.817. The van der Waals surface area contributed by atoms with Gasteiger partial charge >= 0.3 is 0 Å². The number of hydrogen-bond donors (Lipinski definition) is 4. The normalized spacial score (nSPS) is 14.9. The molecule has 0 saturated heterocycles. The number of aliphatic hydroxyl groups excluding tert-OH is 1. The average molecular weight is 568 g/mol. The molecule has 230 valence electrons. The Balaban J connectivity index is 4.82. The fraction of sp³-hybridized carbons (Fsp3) is 0.800. The second-order valence-electron chi connectivity index (χ2n) is 11.6. The lowest BCUT2D eigenvalue weighted by atomic mass is 9.98. The number of carbonyl (C=O) groups excluding carboxylic acids is 6. The van der Waals surface area contributed by atoms with Gasteiger partial charge < -0.3 is 30.1 Å². The molecular weight excluding hydrogens is 514 g/mol. The number of rotatable bonds is 24. The number of nitrogens with one attached hydrogen (secondary N) is 3. The third kappa shape index (κ3) is 22.4. The molecule has 0 fully saturated rings. The molecule has 5 atom stereocenters. The van der Waals surface area contributed by atoms with Crippen molar-refractivity contribution in [1.29, 1.82) is 0 Å². The van der Waals surface area contributed by atoms with Crippen LogP contribution in [0.2, 0.25) is 0 Å². The third-order valence-electron chi connectivity index (χ3n) is 6.79. The lowest BCUT2D eigenvalue weighted by Gasteiger charge is -2.25. The maximum absolute atomic E-state index is 12.9. The molecular formula is C30H53N3O7. The highest BCUT2D eigenvalue weighted by Gasteiger charge is 2.22. The van der Waals surface area contributed by atoms with Crippen molar-refractivity contribution in [2.75, 3.05) is 6.54 Å². The van der Waals surface area contributed by atoms with Crippen molar-refractivity contribution in [3.05, 3.63) is 0 Å². The third-order valence-corrected chi connectivity index (χ3v) is 6.79. The van der Waals surface area contributed by atoms with Crippen molar-refractivity contribution >= 4 is 34.9 Å². The Morgan fingerprint density at radius 1 is 0.625 bits per heavy atom. The SMILES string of the molecule is CC(=O)CCC(C)CC(=O)NCCCC(CC(C)=O)NC(=O)CC(CCC(C)=O)NC(O)CC(C)CCC(C)=O. The second kappa shape index (κ2) is 21.3. The Hall–Kier alpha value is -2.46.